The first-order chi connectivity index (χ1) is 7.38. The number of piperidine rings is 1. The lowest BCUT2D eigenvalue weighted by molar-refractivity contribution is 0.0174. The van der Waals surface area contributed by atoms with Crippen LogP contribution in [0.1, 0.15) is 54.4 Å². The summed E-state index contributed by atoms with van der Waals surface area (Å²) in [6.07, 6.45) is 2.16. The zero-order valence-corrected chi connectivity index (χ0v) is 11.7. The van der Waals surface area contributed by atoms with Crippen LogP contribution in [0.2, 0.25) is 0 Å². The van der Waals surface area contributed by atoms with Gasteiger partial charge in [-0.15, -0.1) is 0 Å². The van der Waals surface area contributed by atoms with Gasteiger partial charge in [0.15, 0.2) is 0 Å². The van der Waals surface area contributed by atoms with Crippen molar-refractivity contribution in [2.45, 2.75) is 60.0 Å². The lowest BCUT2D eigenvalue weighted by Gasteiger charge is -2.32. The Morgan fingerprint density at radius 3 is 2.31 bits per heavy atom. The third kappa shape index (κ3) is 5.99. The Balaban J connectivity index is 0.00000106. The number of carbonyl (C=O) groups excluding carboxylic acids is 1. The second-order valence-electron chi connectivity index (χ2n) is 5.17. The molecule has 0 spiro atoms. The summed E-state index contributed by atoms with van der Waals surface area (Å²) in [5.74, 6) is 0.608. The van der Waals surface area contributed by atoms with Crippen LogP contribution in [0, 0.1) is 5.92 Å². The highest BCUT2D eigenvalue weighted by molar-refractivity contribution is 5.68. The number of amides is 1. The molecule has 0 aromatic rings. The standard InChI is InChI=1S/C11H21NO2.C2H6/c1-9-6-5-7-12(8-9)10(13)14-11(2,3)4;1-2/h9H,5-8H2,1-4H3;1-2H3/t9-;/m1./s1. The van der Waals surface area contributed by atoms with Crippen LogP contribution in [0.25, 0.3) is 0 Å². The van der Waals surface area contributed by atoms with Crippen molar-refractivity contribution in [2.75, 3.05) is 13.1 Å². The molecule has 1 rings (SSSR count). The minimum absolute atomic E-state index is 0.163. The largest absolute Gasteiger partial charge is 0.444 e. The summed E-state index contributed by atoms with van der Waals surface area (Å²) in [7, 11) is 0. The van der Waals surface area contributed by atoms with Crippen molar-refractivity contribution in [3.8, 4) is 0 Å². The monoisotopic (exact) mass is 229 g/mol. The van der Waals surface area contributed by atoms with Gasteiger partial charge in [0.1, 0.15) is 5.60 Å². The number of hydrogen-bond acceptors (Lipinski definition) is 2. The SMILES string of the molecule is CC.C[C@@H]1CCCN(C(=O)OC(C)(C)C)C1. The topological polar surface area (TPSA) is 29.5 Å². The molecular formula is C13H27NO2. The molecule has 1 heterocycles. The third-order valence-electron chi connectivity index (χ3n) is 2.31. The van der Waals surface area contributed by atoms with Gasteiger partial charge in [-0.1, -0.05) is 20.8 Å². The molecule has 3 heteroatoms. The van der Waals surface area contributed by atoms with E-state index in [1.165, 1.54) is 6.42 Å². The van der Waals surface area contributed by atoms with E-state index in [1.807, 2.05) is 39.5 Å². The predicted molar refractivity (Wildman–Crippen MR) is 67.6 cm³/mol. The summed E-state index contributed by atoms with van der Waals surface area (Å²) in [6.45, 7) is 13.6. The van der Waals surface area contributed by atoms with Gasteiger partial charge in [-0.05, 0) is 39.5 Å². The van der Waals surface area contributed by atoms with Gasteiger partial charge in [-0.3, -0.25) is 0 Å². The number of rotatable bonds is 0. The molecule has 0 N–H and O–H groups in total. The van der Waals surface area contributed by atoms with E-state index in [0.29, 0.717) is 5.92 Å². The van der Waals surface area contributed by atoms with Crippen LogP contribution in [0.3, 0.4) is 0 Å². The average Bonchev–Trinajstić information content (AvgIpc) is 2.18. The Hall–Kier alpha value is -0.730. The second-order valence-corrected chi connectivity index (χ2v) is 5.17. The number of ether oxygens (including phenoxy) is 1. The van der Waals surface area contributed by atoms with Crippen LogP contribution in [-0.4, -0.2) is 29.7 Å². The Morgan fingerprint density at radius 2 is 1.88 bits per heavy atom. The van der Waals surface area contributed by atoms with Crippen molar-refractivity contribution in [2.24, 2.45) is 5.92 Å². The predicted octanol–water partition coefficient (Wildman–Crippen LogP) is 3.68. The van der Waals surface area contributed by atoms with E-state index in [2.05, 4.69) is 6.92 Å². The fourth-order valence-electron chi connectivity index (χ4n) is 1.68. The van der Waals surface area contributed by atoms with Crippen molar-refractivity contribution in [1.29, 1.82) is 0 Å². The molecule has 1 aliphatic rings. The summed E-state index contributed by atoms with van der Waals surface area (Å²) < 4.78 is 5.31. The number of likely N-dealkylation sites (tertiary alicyclic amines) is 1. The molecule has 0 aromatic carbocycles. The smallest absolute Gasteiger partial charge is 0.410 e. The van der Waals surface area contributed by atoms with E-state index in [-0.39, 0.29) is 11.7 Å². The Bertz CT molecular complexity index is 208. The van der Waals surface area contributed by atoms with Gasteiger partial charge >= 0.3 is 6.09 Å². The average molecular weight is 229 g/mol. The fourth-order valence-corrected chi connectivity index (χ4v) is 1.68. The van der Waals surface area contributed by atoms with Crippen molar-refractivity contribution < 1.29 is 9.53 Å². The lowest BCUT2D eigenvalue weighted by Crippen LogP contribution is -2.42. The third-order valence-corrected chi connectivity index (χ3v) is 2.31. The van der Waals surface area contributed by atoms with Crippen LogP contribution in [-0.2, 0) is 4.74 Å². The molecule has 1 aliphatic heterocycles. The molecule has 1 amide bonds. The highest BCUT2D eigenvalue weighted by atomic mass is 16.6. The van der Waals surface area contributed by atoms with Crippen LogP contribution in [0.15, 0.2) is 0 Å². The maximum absolute atomic E-state index is 11.7. The Morgan fingerprint density at radius 1 is 1.31 bits per heavy atom. The van der Waals surface area contributed by atoms with Gasteiger partial charge in [0.05, 0.1) is 0 Å². The molecule has 1 saturated heterocycles. The van der Waals surface area contributed by atoms with Crippen molar-refractivity contribution in [3.05, 3.63) is 0 Å². The molecule has 1 atom stereocenters. The Kier molecular flexibility index (Phi) is 6.46. The first-order valence-electron chi connectivity index (χ1n) is 6.36. The maximum atomic E-state index is 11.7. The second kappa shape index (κ2) is 6.77. The molecule has 1 fully saturated rings. The quantitative estimate of drug-likeness (QED) is 0.634. The maximum Gasteiger partial charge on any atom is 0.410 e. The number of carbonyl (C=O) groups is 1. The van der Waals surface area contributed by atoms with Gasteiger partial charge in [-0.2, -0.15) is 0 Å². The summed E-state index contributed by atoms with van der Waals surface area (Å²) in [5, 5.41) is 0. The fraction of sp³-hybridized carbons (Fsp3) is 0.923. The molecule has 96 valence electrons. The van der Waals surface area contributed by atoms with Crippen LogP contribution >= 0.6 is 0 Å². The zero-order valence-electron chi connectivity index (χ0n) is 11.7. The van der Waals surface area contributed by atoms with Crippen molar-refractivity contribution in [1.82, 2.24) is 4.90 Å². The highest BCUT2D eigenvalue weighted by Crippen LogP contribution is 2.18. The lowest BCUT2D eigenvalue weighted by atomic mass is 10.0. The van der Waals surface area contributed by atoms with E-state index in [4.69, 9.17) is 4.74 Å². The van der Waals surface area contributed by atoms with Crippen molar-refractivity contribution >= 4 is 6.09 Å². The summed E-state index contributed by atoms with van der Waals surface area (Å²) in [6, 6.07) is 0. The van der Waals surface area contributed by atoms with E-state index in [0.717, 1.165) is 19.5 Å². The van der Waals surface area contributed by atoms with Crippen molar-refractivity contribution in [3.63, 3.8) is 0 Å². The normalized spacial score (nSPS) is 20.9. The highest BCUT2D eigenvalue weighted by Gasteiger charge is 2.25. The van der Waals surface area contributed by atoms with Crippen LogP contribution in [0.5, 0.6) is 0 Å². The molecule has 0 radical (unpaired) electrons. The van der Waals surface area contributed by atoms with Crippen LogP contribution < -0.4 is 0 Å². The minimum atomic E-state index is -0.377. The number of nitrogens with zero attached hydrogens (tertiary/aromatic N) is 1. The molecular weight excluding hydrogens is 202 g/mol. The molecule has 3 nitrogen and oxygen atoms in total. The molecule has 16 heavy (non-hydrogen) atoms. The van der Waals surface area contributed by atoms with E-state index < -0.39 is 0 Å². The summed E-state index contributed by atoms with van der Waals surface area (Å²) in [4.78, 5) is 13.5. The van der Waals surface area contributed by atoms with Gasteiger partial charge in [-0.25, -0.2) is 4.79 Å². The molecule has 0 unspecified atom stereocenters. The first-order valence-corrected chi connectivity index (χ1v) is 6.36. The molecule has 0 aliphatic carbocycles. The molecule has 0 bridgehead atoms. The summed E-state index contributed by atoms with van der Waals surface area (Å²) >= 11 is 0. The van der Waals surface area contributed by atoms with Gasteiger partial charge in [0.25, 0.3) is 0 Å². The Labute approximate surface area is 100 Å². The molecule has 0 aromatic heterocycles. The van der Waals surface area contributed by atoms with E-state index in [1.54, 1.807) is 0 Å². The number of hydrogen-bond donors (Lipinski definition) is 0. The van der Waals surface area contributed by atoms with E-state index >= 15 is 0 Å². The summed E-state index contributed by atoms with van der Waals surface area (Å²) in [5.41, 5.74) is -0.377. The van der Waals surface area contributed by atoms with Crippen LogP contribution in [0.4, 0.5) is 4.79 Å². The molecule has 0 saturated carbocycles. The van der Waals surface area contributed by atoms with Gasteiger partial charge in [0, 0.05) is 13.1 Å². The first kappa shape index (κ1) is 15.3. The van der Waals surface area contributed by atoms with Gasteiger partial charge in [0.2, 0.25) is 0 Å². The minimum Gasteiger partial charge on any atom is -0.444 e. The van der Waals surface area contributed by atoms with E-state index in [9.17, 15) is 4.79 Å². The van der Waals surface area contributed by atoms with Gasteiger partial charge < -0.3 is 9.64 Å². The zero-order chi connectivity index (χ0) is 12.8.